The topological polar surface area (TPSA) is 41.9 Å². The van der Waals surface area contributed by atoms with Gasteiger partial charge in [0.2, 0.25) is 0 Å². The van der Waals surface area contributed by atoms with Crippen LogP contribution >= 0.6 is 0 Å². The van der Waals surface area contributed by atoms with Crippen LogP contribution in [0.5, 0.6) is 0 Å². The Kier molecular flexibility index (Phi) is 3.98. The normalized spacial score (nSPS) is 15.0. The lowest BCUT2D eigenvalue weighted by Crippen LogP contribution is -2.31. The molecule has 4 nitrogen and oxygen atoms in total. The molecule has 1 aliphatic heterocycles. The summed E-state index contributed by atoms with van der Waals surface area (Å²) < 4.78 is 0. The van der Waals surface area contributed by atoms with Gasteiger partial charge >= 0.3 is 0 Å². The van der Waals surface area contributed by atoms with Gasteiger partial charge in [0.1, 0.15) is 5.82 Å². The van der Waals surface area contributed by atoms with Crippen LogP contribution < -0.4 is 0 Å². The molecule has 1 aliphatic rings. The molecule has 4 rings (SSSR count). The molecule has 0 saturated heterocycles. The number of fused-ring (bicyclic) bond motifs is 2. The Bertz CT molecular complexity index is 867. The van der Waals surface area contributed by atoms with Crippen molar-refractivity contribution in [1.82, 2.24) is 19.9 Å². The summed E-state index contributed by atoms with van der Waals surface area (Å²) in [6.07, 6.45) is 6.87. The lowest BCUT2D eigenvalue weighted by Gasteiger charge is -2.28. The number of benzene rings is 1. The molecule has 0 radical (unpaired) electrons. The summed E-state index contributed by atoms with van der Waals surface area (Å²) in [5, 5.41) is 2.50. The number of rotatable bonds is 3. The molecule has 0 N–H and O–H groups in total. The molecule has 3 heterocycles. The molecule has 0 aliphatic carbocycles. The molecule has 3 aromatic rings. The highest BCUT2D eigenvalue weighted by Crippen LogP contribution is 2.23. The lowest BCUT2D eigenvalue weighted by molar-refractivity contribution is 0.241. The predicted molar refractivity (Wildman–Crippen MR) is 95.7 cm³/mol. The molecule has 1 aromatic carbocycles. The van der Waals surface area contributed by atoms with E-state index >= 15 is 0 Å². The minimum Gasteiger partial charge on any atom is -0.293 e. The Hall–Kier alpha value is -2.33. The molecular formula is C20H22N4. The Morgan fingerprint density at radius 1 is 1.17 bits per heavy atom. The predicted octanol–water partition coefficient (Wildman–Crippen LogP) is 3.71. The molecule has 0 amide bonds. The summed E-state index contributed by atoms with van der Waals surface area (Å²) in [6.45, 7) is 7.19. The Balaban J connectivity index is 1.59. The molecular weight excluding hydrogens is 296 g/mol. The van der Waals surface area contributed by atoms with Crippen molar-refractivity contribution in [1.29, 1.82) is 0 Å². The fourth-order valence-electron chi connectivity index (χ4n) is 3.35. The van der Waals surface area contributed by atoms with Crippen LogP contribution in [0.25, 0.3) is 10.8 Å². The maximum absolute atomic E-state index is 4.80. The smallest absolute Gasteiger partial charge is 0.131 e. The Morgan fingerprint density at radius 3 is 2.96 bits per heavy atom. The van der Waals surface area contributed by atoms with E-state index in [4.69, 9.17) is 4.98 Å². The molecule has 4 heteroatoms. The summed E-state index contributed by atoms with van der Waals surface area (Å²) in [7, 11) is 0. The van der Waals surface area contributed by atoms with Crippen LogP contribution in [-0.4, -0.2) is 26.4 Å². The minimum absolute atomic E-state index is 0.372. The molecule has 0 spiro atoms. The highest BCUT2D eigenvalue weighted by Gasteiger charge is 2.19. The van der Waals surface area contributed by atoms with E-state index in [1.54, 1.807) is 0 Å². The first-order valence-corrected chi connectivity index (χ1v) is 8.59. The van der Waals surface area contributed by atoms with Gasteiger partial charge in [-0.1, -0.05) is 32.0 Å². The van der Waals surface area contributed by atoms with Gasteiger partial charge in [0.05, 0.1) is 5.69 Å². The van der Waals surface area contributed by atoms with Gasteiger partial charge in [0.25, 0.3) is 0 Å². The molecule has 0 bridgehead atoms. The maximum atomic E-state index is 4.80. The third kappa shape index (κ3) is 2.89. The van der Waals surface area contributed by atoms with Crippen LogP contribution in [-0.2, 0) is 19.5 Å². The summed E-state index contributed by atoms with van der Waals surface area (Å²) in [4.78, 5) is 16.0. The van der Waals surface area contributed by atoms with Crippen molar-refractivity contribution in [2.24, 2.45) is 0 Å². The third-order valence-electron chi connectivity index (χ3n) is 4.72. The summed E-state index contributed by atoms with van der Waals surface area (Å²) in [6, 6.07) is 8.58. The number of aromatic nitrogens is 3. The van der Waals surface area contributed by atoms with E-state index in [1.165, 1.54) is 27.6 Å². The van der Waals surface area contributed by atoms with E-state index in [2.05, 4.69) is 53.0 Å². The average molecular weight is 318 g/mol. The van der Waals surface area contributed by atoms with E-state index in [9.17, 15) is 0 Å². The first-order valence-electron chi connectivity index (χ1n) is 8.59. The van der Waals surface area contributed by atoms with Crippen molar-refractivity contribution < 1.29 is 0 Å². The first kappa shape index (κ1) is 15.2. The van der Waals surface area contributed by atoms with Crippen LogP contribution in [0.3, 0.4) is 0 Å². The average Bonchev–Trinajstić information content (AvgIpc) is 2.61. The zero-order valence-corrected chi connectivity index (χ0v) is 14.2. The van der Waals surface area contributed by atoms with Crippen LogP contribution in [0.4, 0.5) is 0 Å². The molecule has 0 atom stereocenters. The fourth-order valence-corrected chi connectivity index (χ4v) is 3.35. The third-order valence-corrected chi connectivity index (χ3v) is 4.72. The largest absolute Gasteiger partial charge is 0.293 e. The number of pyridine rings is 1. The first-order chi connectivity index (χ1) is 11.7. The second-order valence-electron chi connectivity index (χ2n) is 6.83. The van der Waals surface area contributed by atoms with Gasteiger partial charge in [-0.05, 0) is 29.0 Å². The van der Waals surface area contributed by atoms with E-state index in [0.29, 0.717) is 5.92 Å². The van der Waals surface area contributed by atoms with Crippen molar-refractivity contribution in [3.05, 3.63) is 65.5 Å². The number of nitrogens with zero attached hydrogens (tertiary/aromatic N) is 4. The Morgan fingerprint density at radius 2 is 2.08 bits per heavy atom. The molecule has 0 fully saturated rings. The maximum Gasteiger partial charge on any atom is 0.131 e. The monoisotopic (exact) mass is 318 g/mol. The minimum atomic E-state index is 0.372. The standard InChI is InChI=1S/C20H22N4/c1-14(2)20-22-11-16-7-9-24(13-19(16)23-20)12-17-5-3-4-15-10-21-8-6-18(15)17/h3-6,8,10-11,14H,7,9,12-13H2,1-2H3. The zero-order chi connectivity index (χ0) is 16.5. The quantitative estimate of drug-likeness (QED) is 0.738. The molecule has 122 valence electrons. The molecule has 0 saturated carbocycles. The van der Waals surface area contributed by atoms with Gasteiger partial charge in [-0.15, -0.1) is 0 Å². The van der Waals surface area contributed by atoms with Crippen molar-refractivity contribution in [3.63, 3.8) is 0 Å². The lowest BCUT2D eigenvalue weighted by atomic mass is 10.0. The summed E-state index contributed by atoms with van der Waals surface area (Å²) in [5.74, 6) is 1.32. The summed E-state index contributed by atoms with van der Waals surface area (Å²) >= 11 is 0. The highest BCUT2D eigenvalue weighted by atomic mass is 15.1. The van der Waals surface area contributed by atoms with Crippen LogP contribution in [0, 0.1) is 0 Å². The SMILES string of the molecule is CC(C)c1ncc2c(n1)CN(Cc1cccc3cnccc13)CC2. The fraction of sp³-hybridized carbons (Fsp3) is 0.350. The van der Waals surface area contributed by atoms with E-state index in [-0.39, 0.29) is 0 Å². The second kappa shape index (κ2) is 6.29. The number of hydrogen-bond acceptors (Lipinski definition) is 4. The van der Waals surface area contributed by atoms with Gasteiger partial charge in [-0.25, -0.2) is 9.97 Å². The van der Waals surface area contributed by atoms with E-state index < -0.39 is 0 Å². The molecule has 2 aromatic heterocycles. The van der Waals surface area contributed by atoms with Crippen LogP contribution in [0.1, 0.15) is 42.4 Å². The van der Waals surface area contributed by atoms with E-state index in [0.717, 1.165) is 31.9 Å². The highest BCUT2D eigenvalue weighted by molar-refractivity contribution is 5.84. The van der Waals surface area contributed by atoms with Crippen molar-refractivity contribution in [2.45, 2.75) is 39.3 Å². The number of hydrogen-bond donors (Lipinski definition) is 0. The molecule has 24 heavy (non-hydrogen) atoms. The van der Waals surface area contributed by atoms with Crippen LogP contribution in [0.2, 0.25) is 0 Å². The zero-order valence-electron chi connectivity index (χ0n) is 14.2. The Labute approximate surface area is 142 Å². The van der Waals surface area contributed by atoms with Gasteiger partial charge in [0.15, 0.2) is 0 Å². The van der Waals surface area contributed by atoms with Gasteiger partial charge in [-0.2, -0.15) is 0 Å². The van der Waals surface area contributed by atoms with Crippen molar-refractivity contribution in [2.75, 3.05) is 6.54 Å². The summed E-state index contributed by atoms with van der Waals surface area (Å²) in [5.41, 5.74) is 3.86. The second-order valence-corrected chi connectivity index (χ2v) is 6.83. The van der Waals surface area contributed by atoms with Gasteiger partial charge in [0, 0.05) is 49.5 Å². The molecule has 0 unspecified atom stereocenters. The van der Waals surface area contributed by atoms with Crippen molar-refractivity contribution in [3.8, 4) is 0 Å². The van der Waals surface area contributed by atoms with Crippen LogP contribution in [0.15, 0.2) is 42.9 Å². The van der Waals surface area contributed by atoms with Gasteiger partial charge in [-0.3, -0.25) is 9.88 Å². The van der Waals surface area contributed by atoms with E-state index in [1.807, 2.05) is 18.6 Å². The van der Waals surface area contributed by atoms with Gasteiger partial charge < -0.3 is 0 Å². The van der Waals surface area contributed by atoms with Crippen molar-refractivity contribution >= 4 is 10.8 Å².